The zero-order valence-corrected chi connectivity index (χ0v) is 27.9. The summed E-state index contributed by atoms with van der Waals surface area (Å²) in [6.07, 6.45) is 0.921. The average Bonchev–Trinajstić information content (AvgIpc) is 3.03. The molecule has 44 heavy (non-hydrogen) atoms. The van der Waals surface area contributed by atoms with E-state index >= 15 is 0 Å². The van der Waals surface area contributed by atoms with E-state index in [9.17, 15) is 18.0 Å². The SMILES string of the molecule is CCCNC(=O)C(Cc1ccccc1)N(Cc1ccc(Cl)c(Cl)c1)C(=O)CN(c1ccc(Br)cc1)S(=O)(=O)c1ccccc1. The normalized spacial score (nSPS) is 11.9. The molecule has 0 aliphatic carbocycles. The molecule has 7 nitrogen and oxygen atoms in total. The van der Waals surface area contributed by atoms with Gasteiger partial charge in [-0.1, -0.05) is 101 Å². The standard InChI is InChI=1S/C33H32BrCl2N3O4S/c1-2-19-37-33(41)31(21-24-9-5-3-6-10-24)38(22-25-13-18-29(35)30(36)20-25)32(40)23-39(27-16-14-26(34)15-17-27)44(42,43)28-11-7-4-8-12-28/h3-18,20,31H,2,19,21-23H2,1H3,(H,37,41). The fourth-order valence-corrected chi connectivity index (χ4v) is 6.63. The number of sulfonamides is 1. The number of hydrogen-bond acceptors (Lipinski definition) is 4. The van der Waals surface area contributed by atoms with Gasteiger partial charge in [0.1, 0.15) is 12.6 Å². The lowest BCUT2D eigenvalue weighted by atomic mass is 10.0. The van der Waals surface area contributed by atoms with Crippen LogP contribution >= 0.6 is 39.1 Å². The van der Waals surface area contributed by atoms with Crippen molar-refractivity contribution >= 4 is 66.7 Å². The van der Waals surface area contributed by atoms with Gasteiger partial charge in [0.2, 0.25) is 11.8 Å². The van der Waals surface area contributed by atoms with Crippen molar-refractivity contribution < 1.29 is 18.0 Å². The summed E-state index contributed by atoms with van der Waals surface area (Å²) in [5.41, 5.74) is 1.78. The van der Waals surface area contributed by atoms with Crippen molar-refractivity contribution in [1.82, 2.24) is 10.2 Å². The third-order valence-electron chi connectivity index (χ3n) is 6.88. The Labute approximate surface area is 277 Å². The Morgan fingerprint density at radius 3 is 2.09 bits per heavy atom. The number of carbonyl (C=O) groups excluding carboxylic acids is 2. The summed E-state index contributed by atoms with van der Waals surface area (Å²) < 4.78 is 29.8. The number of halogens is 3. The van der Waals surface area contributed by atoms with Crippen molar-refractivity contribution in [1.29, 1.82) is 0 Å². The van der Waals surface area contributed by atoms with Crippen molar-refractivity contribution in [3.8, 4) is 0 Å². The highest BCUT2D eigenvalue weighted by Crippen LogP contribution is 2.28. The minimum Gasteiger partial charge on any atom is -0.354 e. The minimum absolute atomic E-state index is 0.00761. The van der Waals surface area contributed by atoms with E-state index in [1.807, 2.05) is 37.3 Å². The molecule has 230 valence electrons. The smallest absolute Gasteiger partial charge is 0.264 e. The van der Waals surface area contributed by atoms with Crippen molar-refractivity contribution in [2.75, 3.05) is 17.4 Å². The summed E-state index contributed by atoms with van der Waals surface area (Å²) in [5, 5.41) is 3.58. The molecule has 4 aromatic carbocycles. The third kappa shape index (κ3) is 8.63. The largest absolute Gasteiger partial charge is 0.354 e. The zero-order chi connectivity index (χ0) is 31.7. The zero-order valence-electron chi connectivity index (χ0n) is 24.0. The topological polar surface area (TPSA) is 86.8 Å². The van der Waals surface area contributed by atoms with Crippen LogP contribution in [-0.4, -0.2) is 44.3 Å². The van der Waals surface area contributed by atoms with Crippen molar-refractivity contribution in [3.63, 3.8) is 0 Å². The maximum Gasteiger partial charge on any atom is 0.264 e. The van der Waals surface area contributed by atoms with Crippen molar-refractivity contribution in [2.45, 2.75) is 37.2 Å². The van der Waals surface area contributed by atoms with Gasteiger partial charge in [0.15, 0.2) is 0 Å². The summed E-state index contributed by atoms with van der Waals surface area (Å²) in [7, 11) is -4.17. The Hall–Kier alpha value is -3.37. The van der Waals surface area contributed by atoms with E-state index < -0.39 is 28.5 Å². The molecule has 0 spiro atoms. The van der Waals surface area contributed by atoms with Crippen LogP contribution < -0.4 is 9.62 Å². The van der Waals surface area contributed by atoms with E-state index in [2.05, 4.69) is 21.2 Å². The van der Waals surface area contributed by atoms with Gasteiger partial charge in [0, 0.05) is 24.0 Å². The van der Waals surface area contributed by atoms with E-state index in [1.165, 1.54) is 17.0 Å². The average molecular weight is 718 g/mol. The first kappa shape index (κ1) is 33.5. The van der Waals surface area contributed by atoms with Gasteiger partial charge in [-0.2, -0.15) is 0 Å². The molecule has 1 unspecified atom stereocenters. The third-order valence-corrected chi connectivity index (χ3v) is 9.94. The molecule has 0 saturated carbocycles. The Kier molecular flexibility index (Phi) is 11.9. The van der Waals surface area contributed by atoms with Gasteiger partial charge < -0.3 is 10.2 Å². The fraction of sp³-hybridized carbons (Fsp3) is 0.212. The van der Waals surface area contributed by atoms with E-state index in [1.54, 1.807) is 60.7 Å². The van der Waals surface area contributed by atoms with Gasteiger partial charge in [-0.05, 0) is 66.1 Å². The molecule has 0 aliphatic heterocycles. The van der Waals surface area contributed by atoms with Gasteiger partial charge in [-0.25, -0.2) is 8.42 Å². The van der Waals surface area contributed by atoms with Crippen LogP contribution in [-0.2, 0) is 32.6 Å². The second-order valence-corrected chi connectivity index (χ2v) is 13.7. The van der Waals surface area contributed by atoms with E-state index in [0.29, 0.717) is 34.3 Å². The molecule has 1 atom stereocenters. The number of hydrogen-bond donors (Lipinski definition) is 1. The Bertz CT molecular complexity index is 1670. The number of rotatable bonds is 13. The molecule has 0 saturated heterocycles. The first-order valence-corrected chi connectivity index (χ1v) is 17.0. The van der Waals surface area contributed by atoms with Gasteiger partial charge in [0.05, 0.1) is 20.6 Å². The van der Waals surface area contributed by atoms with Crippen LogP contribution in [0.4, 0.5) is 5.69 Å². The van der Waals surface area contributed by atoms with Crippen molar-refractivity contribution in [2.24, 2.45) is 0 Å². The molecule has 0 fully saturated rings. The molecular formula is C33H32BrCl2N3O4S. The van der Waals surface area contributed by atoms with Crippen molar-refractivity contribution in [3.05, 3.63) is 129 Å². The summed E-state index contributed by atoms with van der Waals surface area (Å²) in [6.45, 7) is 1.81. The summed E-state index contributed by atoms with van der Waals surface area (Å²) in [6, 6.07) is 28.0. The van der Waals surface area contributed by atoms with Gasteiger partial charge in [0.25, 0.3) is 10.0 Å². The second-order valence-electron chi connectivity index (χ2n) is 10.1. The van der Waals surface area contributed by atoms with Gasteiger partial charge in [-0.15, -0.1) is 0 Å². The van der Waals surface area contributed by atoms with Crippen LogP contribution in [0.3, 0.4) is 0 Å². The van der Waals surface area contributed by atoms with Crippen LogP contribution in [0.15, 0.2) is 112 Å². The van der Waals surface area contributed by atoms with Crippen LogP contribution in [0.25, 0.3) is 0 Å². The Balaban J connectivity index is 1.80. The molecule has 0 aliphatic rings. The maximum absolute atomic E-state index is 14.4. The van der Waals surface area contributed by atoms with Crippen LogP contribution in [0.2, 0.25) is 10.0 Å². The first-order chi connectivity index (χ1) is 21.1. The van der Waals surface area contributed by atoms with E-state index in [-0.39, 0.29) is 23.8 Å². The van der Waals surface area contributed by atoms with Gasteiger partial charge >= 0.3 is 0 Å². The Morgan fingerprint density at radius 2 is 1.48 bits per heavy atom. The lowest BCUT2D eigenvalue weighted by Gasteiger charge is -2.34. The fourth-order valence-electron chi connectivity index (χ4n) is 4.61. The highest BCUT2D eigenvalue weighted by atomic mass is 79.9. The lowest BCUT2D eigenvalue weighted by molar-refractivity contribution is -0.140. The molecule has 4 aromatic rings. The molecule has 0 radical (unpaired) electrons. The minimum atomic E-state index is -4.17. The van der Waals surface area contributed by atoms with Gasteiger partial charge in [-0.3, -0.25) is 13.9 Å². The molecule has 0 aromatic heterocycles. The predicted octanol–water partition coefficient (Wildman–Crippen LogP) is 7.12. The Morgan fingerprint density at radius 1 is 0.841 bits per heavy atom. The molecule has 0 bridgehead atoms. The highest BCUT2D eigenvalue weighted by molar-refractivity contribution is 9.10. The molecule has 11 heteroatoms. The molecular weight excluding hydrogens is 685 g/mol. The molecule has 0 heterocycles. The lowest BCUT2D eigenvalue weighted by Crippen LogP contribution is -2.53. The summed E-state index contributed by atoms with van der Waals surface area (Å²) in [5.74, 6) is -0.906. The molecule has 1 N–H and O–H groups in total. The number of nitrogens with one attached hydrogen (secondary N) is 1. The van der Waals surface area contributed by atoms with Crippen LogP contribution in [0.5, 0.6) is 0 Å². The van der Waals surface area contributed by atoms with E-state index in [4.69, 9.17) is 23.2 Å². The monoisotopic (exact) mass is 715 g/mol. The quantitative estimate of drug-likeness (QED) is 0.160. The predicted molar refractivity (Wildman–Crippen MR) is 179 cm³/mol. The number of amides is 2. The molecule has 4 rings (SSSR count). The van der Waals surface area contributed by atoms with E-state index in [0.717, 1.165) is 14.3 Å². The number of carbonyl (C=O) groups is 2. The maximum atomic E-state index is 14.4. The first-order valence-electron chi connectivity index (χ1n) is 14.0. The number of benzene rings is 4. The summed E-state index contributed by atoms with van der Waals surface area (Å²) >= 11 is 15.9. The summed E-state index contributed by atoms with van der Waals surface area (Å²) in [4.78, 5) is 29.6. The number of nitrogens with zero attached hydrogens (tertiary/aromatic N) is 2. The second kappa shape index (κ2) is 15.6. The van der Waals surface area contributed by atoms with Crippen LogP contribution in [0, 0.1) is 0 Å². The molecule has 2 amide bonds. The highest BCUT2D eigenvalue weighted by Gasteiger charge is 2.34. The van der Waals surface area contributed by atoms with Crippen LogP contribution in [0.1, 0.15) is 24.5 Å². The number of anilines is 1.